The number of ether oxygens (including phenoxy) is 1. The van der Waals surface area contributed by atoms with Crippen LogP contribution in [-0.4, -0.2) is 40.2 Å². The Morgan fingerprint density at radius 3 is 2.63 bits per heavy atom. The summed E-state index contributed by atoms with van der Waals surface area (Å²) in [6.07, 6.45) is -2.68. The Hall–Kier alpha value is -1.25. The van der Waals surface area contributed by atoms with Gasteiger partial charge >= 0.3 is 0 Å². The first kappa shape index (κ1) is 15.8. The van der Waals surface area contributed by atoms with Gasteiger partial charge in [-0.05, 0) is 30.2 Å². The van der Waals surface area contributed by atoms with Crippen molar-refractivity contribution in [3.8, 4) is 5.75 Å². The average molecular weight is 295 g/mol. The van der Waals surface area contributed by atoms with Gasteiger partial charge in [0.15, 0.2) is 0 Å². The standard InChI is InChI=1S/C11H15F2NO4S/c1-18-9-2-3-10(8(6-9)4-5-15)19(16,17)14-7-11(12)13/h2-3,6,11,14-15H,4-5,7H2,1H3. The molecule has 2 N–H and O–H groups in total. The van der Waals surface area contributed by atoms with E-state index in [2.05, 4.69) is 0 Å². The maximum Gasteiger partial charge on any atom is 0.251 e. The lowest BCUT2D eigenvalue weighted by Crippen LogP contribution is -2.29. The molecule has 0 bridgehead atoms. The van der Waals surface area contributed by atoms with Crippen molar-refractivity contribution in [1.82, 2.24) is 4.72 Å². The van der Waals surface area contributed by atoms with E-state index >= 15 is 0 Å². The zero-order chi connectivity index (χ0) is 14.5. The fourth-order valence-corrected chi connectivity index (χ4v) is 2.77. The van der Waals surface area contributed by atoms with Crippen LogP contribution in [0, 0.1) is 0 Å². The van der Waals surface area contributed by atoms with Crippen molar-refractivity contribution in [3.05, 3.63) is 23.8 Å². The zero-order valence-corrected chi connectivity index (χ0v) is 11.1. The highest BCUT2D eigenvalue weighted by atomic mass is 32.2. The smallest absolute Gasteiger partial charge is 0.251 e. The minimum Gasteiger partial charge on any atom is -0.497 e. The van der Waals surface area contributed by atoms with Gasteiger partial charge < -0.3 is 9.84 Å². The third-order valence-corrected chi connectivity index (χ3v) is 3.89. The number of aliphatic hydroxyl groups excluding tert-OH is 1. The number of hydrogen-bond acceptors (Lipinski definition) is 4. The predicted molar refractivity (Wildman–Crippen MR) is 65.0 cm³/mol. The predicted octanol–water partition coefficient (Wildman–Crippen LogP) is 0.773. The molecule has 0 atom stereocenters. The molecule has 0 spiro atoms. The highest BCUT2D eigenvalue weighted by Gasteiger charge is 2.20. The minimum atomic E-state index is -4.03. The number of rotatable bonds is 7. The highest BCUT2D eigenvalue weighted by Crippen LogP contribution is 2.22. The van der Waals surface area contributed by atoms with Gasteiger partial charge in [-0.15, -0.1) is 0 Å². The summed E-state index contributed by atoms with van der Waals surface area (Å²) in [5, 5.41) is 8.92. The van der Waals surface area contributed by atoms with Gasteiger partial charge in [-0.1, -0.05) is 0 Å². The van der Waals surface area contributed by atoms with Gasteiger partial charge in [-0.25, -0.2) is 21.9 Å². The molecule has 8 heteroatoms. The largest absolute Gasteiger partial charge is 0.497 e. The number of methoxy groups -OCH3 is 1. The Morgan fingerprint density at radius 2 is 2.11 bits per heavy atom. The number of aliphatic hydroxyl groups is 1. The molecule has 1 aromatic rings. The van der Waals surface area contributed by atoms with E-state index < -0.39 is 23.0 Å². The van der Waals surface area contributed by atoms with Gasteiger partial charge in [-0.2, -0.15) is 0 Å². The molecule has 0 unspecified atom stereocenters. The Kier molecular flexibility index (Phi) is 5.64. The summed E-state index contributed by atoms with van der Waals surface area (Å²) in [6.45, 7) is -1.21. The molecular formula is C11H15F2NO4S. The molecule has 0 aliphatic rings. The number of benzene rings is 1. The van der Waals surface area contributed by atoms with Gasteiger partial charge in [0.25, 0.3) is 6.43 Å². The zero-order valence-electron chi connectivity index (χ0n) is 10.3. The van der Waals surface area contributed by atoms with Crippen LogP contribution in [0.15, 0.2) is 23.1 Å². The summed E-state index contributed by atoms with van der Waals surface area (Å²) < 4.78 is 54.6. The van der Waals surface area contributed by atoms with Crippen LogP contribution in [0.2, 0.25) is 0 Å². The molecule has 0 saturated heterocycles. The molecular weight excluding hydrogens is 280 g/mol. The first-order valence-corrected chi connectivity index (χ1v) is 6.94. The second-order valence-corrected chi connectivity index (χ2v) is 5.43. The van der Waals surface area contributed by atoms with E-state index in [0.29, 0.717) is 11.3 Å². The molecule has 0 heterocycles. The fraction of sp³-hybridized carbons (Fsp3) is 0.455. The molecule has 0 fully saturated rings. The molecule has 108 valence electrons. The van der Waals surface area contributed by atoms with Gasteiger partial charge in [0, 0.05) is 6.61 Å². The molecule has 0 aliphatic carbocycles. The Labute approximate surface area is 110 Å². The molecule has 1 aromatic carbocycles. The third-order valence-electron chi connectivity index (χ3n) is 2.37. The van der Waals surface area contributed by atoms with Crippen LogP contribution in [0.1, 0.15) is 5.56 Å². The van der Waals surface area contributed by atoms with E-state index in [9.17, 15) is 17.2 Å². The lowest BCUT2D eigenvalue weighted by molar-refractivity contribution is 0.153. The van der Waals surface area contributed by atoms with Crippen LogP contribution >= 0.6 is 0 Å². The lowest BCUT2D eigenvalue weighted by atomic mass is 10.1. The molecule has 0 saturated carbocycles. The van der Waals surface area contributed by atoms with Crippen LogP contribution in [0.25, 0.3) is 0 Å². The van der Waals surface area contributed by atoms with E-state index in [4.69, 9.17) is 9.84 Å². The molecule has 0 aliphatic heterocycles. The summed E-state index contributed by atoms with van der Waals surface area (Å²) >= 11 is 0. The van der Waals surface area contributed by atoms with Gasteiger partial charge in [0.05, 0.1) is 18.6 Å². The Bertz CT molecular complexity index is 519. The molecule has 0 radical (unpaired) electrons. The summed E-state index contributed by atoms with van der Waals surface area (Å²) in [6, 6.07) is 4.13. The summed E-state index contributed by atoms with van der Waals surface area (Å²) in [5.41, 5.74) is 0.309. The van der Waals surface area contributed by atoms with Crippen molar-refractivity contribution in [3.63, 3.8) is 0 Å². The maximum absolute atomic E-state index is 12.1. The van der Waals surface area contributed by atoms with Gasteiger partial charge in [0.1, 0.15) is 5.75 Å². The summed E-state index contributed by atoms with van der Waals surface area (Å²) in [5.74, 6) is 0.427. The monoisotopic (exact) mass is 295 g/mol. The number of alkyl halides is 2. The van der Waals surface area contributed by atoms with Crippen molar-refractivity contribution in [2.24, 2.45) is 0 Å². The first-order chi connectivity index (χ1) is 8.90. The van der Waals surface area contributed by atoms with E-state index in [1.54, 1.807) is 0 Å². The maximum atomic E-state index is 12.1. The molecule has 19 heavy (non-hydrogen) atoms. The van der Waals surface area contributed by atoms with Crippen molar-refractivity contribution in [2.75, 3.05) is 20.3 Å². The Balaban J connectivity index is 3.10. The van der Waals surface area contributed by atoms with E-state index in [0.717, 1.165) is 0 Å². The van der Waals surface area contributed by atoms with E-state index in [1.165, 1.54) is 25.3 Å². The van der Waals surface area contributed by atoms with Gasteiger partial charge in [0.2, 0.25) is 10.0 Å². The minimum absolute atomic E-state index is 0.0854. The quantitative estimate of drug-likeness (QED) is 0.779. The molecule has 0 aromatic heterocycles. The second kappa shape index (κ2) is 6.78. The topological polar surface area (TPSA) is 75.6 Å². The molecule has 0 amide bonds. The lowest BCUT2D eigenvalue weighted by Gasteiger charge is -2.12. The fourth-order valence-electron chi connectivity index (χ4n) is 1.51. The first-order valence-electron chi connectivity index (χ1n) is 5.46. The highest BCUT2D eigenvalue weighted by molar-refractivity contribution is 7.89. The van der Waals surface area contributed by atoms with Crippen LogP contribution in [0.5, 0.6) is 5.75 Å². The molecule has 1 rings (SSSR count). The van der Waals surface area contributed by atoms with Crippen LogP contribution in [0.3, 0.4) is 0 Å². The van der Waals surface area contributed by atoms with Crippen molar-refractivity contribution >= 4 is 10.0 Å². The number of halogens is 2. The number of hydrogen-bond donors (Lipinski definition) is 2. The number of sulfonamides is 1. The normalized spacial score (nSPS) is 11.8. The van der Waals surface area contributed by atoms with E-state index in [1.807, 2.05) is 4.72 Å². The van der Waals surface area contributed by atoms with Crippen molar-refractivity contribution in [1.29, 1.82) is 0 Å². The molecule has 5 nitrogen and oxygen atoms in total. The second-order valence-electron chi connectivity index (χ2n) is 3.69. The van der Waals surface area contributed by atoms with Crippen LogP contribution < -0.4 is 9.46 Å². The summed E-state index contributed by atoms with van der Waals surface area (Å²) in [7, 11) is -2.61. The van der Waals surface area contributed by atoms with Crippen LogP contribution in [-0.2, 0) is 16.4 Å². The van der Waals surface area contributed by atoms with Crippen LogP contribution in [0.4, 0.5) is 8.78 Å². The average Bonchev–Trinajstić information content (AvgIpc) is 2.36. The van der Waals surface area contributed by atoms with E-state index in [-0.39, 0.29) is 17.9 Å². The Morgan fingerprint density at radius 1 is 1.42 bits per heavy atom. The third kappa shape index (κ3) is 4.41. The van der Waals surface area contributed by atoms with Crippen molar-refractivity contribution in [2.45, 2.75) is 17.7 Å². The SMILES string of the molecule is COc1ccc(S(=O)(=O)NCC(F)F)c(CCO)c1. The van der Waals surface area contributed by atoms with Crippen molar-refractivity contribution < 1.29 is 27.0 Å². The van der Waals surface area contributed by atoms with Gasteiger partial charge in [-0.3, -0.25) is 0 Å². The summed E-state index contributed by atoms with van der Waals surface area (Å²) in [4.78, 5) is -0.136. The number of nitrogens with one attached hydrogen (secondary N) is 1.